The third kappa shape index (κ3) is 2.80. The Balaban J connectivity index is 2.16. The van der Waals surface area contributed by atoms with Crippen LogP contribution in [-0.2, 0) is 6.42 Å². The molecule has 1 aliphatic rings. The van der Waals surface area contributed by atoms with Crippen molar-refractivity contribution in [3.8, 4) is 0 Å². The molecule has 1 aliphatic heterocycles. The van der Waals surface area contributed by atoms with Crippen molar-refractivity contribution >= 4 is 11.6 Å². The predicted molar refractivity (Wildman–Crippen MR) is 69.9 cm³/mol. The molecule has 1 fully saturated rings. The van der Waals surface area contributed by atoms with Gasteiger partial charge in [-0.05, 0) is 35.8 Å². The summed E-state index contributed by atoms with van der Waals surface area (Å²) in [5.41, 5.74) is 0.972. The largest absolute Gasteiger partial charge is 0.316 e. The summed E-state index contributed by atoms with van der Waals surface area (Å²) < 4.78 is 13.9. The lowest BCUT2D eigenvalue weighted by atomic mass is 9.71. The molecule has 1 N–H and O–H groups in total. The van der Waals surface area contributed by atoms with E-state index in [0.29, 0.717) is 5.92 Å². The van der Waals surface area contributed by atoms with Crippen LogP contribution >= 0.6 is 11.6 Å². The van der Waals surface area contributed by atoms with Gasteiger partial charge in [-0.15, -0.1) is 0 Å². The molecule has 0 radical (unpaired) electrons. The highest BCUT2D eigenvalue weighted by Crippen LogP contribution is 2.36. The van der Waals surface area contributed by atoms with Gasteiger partial charge in [-0.25, -0.2) is 4.39 Å². The van der Waals surface area contributed by atoms with Gasteiger partial charge in [-0.1, -0.05) is 37.6 Å². The molecule has 1 heterocycles. The molecule has 0 aromatic heterocycles. The van der Waals surface area contributed by atoms with E-state index >= 15 is 0 Å². The van der Waals surface area contributed by atoms with Crippen molar-refractivity contribution in [1.82, 2.24) is 5.32 Å². The monoisotopic (exact) mass is 255 g/mol. The zero-order chi connectivity index (χ0) is 12.5. The van der Waals surface area contributed by atoms with Crippen molar-refractivity contribution in [3.63, 3.8) is 0 Å². The van der Waals surface area contributed by atoms with Gasteiger partial charge in [0.05, 0.1) is 5.02 Å². The van der Waals surface area contributed by atoms with Gasteiger partial charge in [0.15, 0.2) is 0 Å². The predicted octanol–water partition coefficient (Wildman–Crippen LogP) is 3.66. The van der Waals surface area contributed by atoms with Crippen LogP contribution in [0.3, 0.4) is 0 Å². The van der Waals surface area contributed by atoms with E-state index in [2.05, 4.69) is 19.2 Å². The number of halogens is 2. The van der Waals surface area contributed by atoms with Gasteiger partial charge in [0.2, 0.25) is 0 Å². The normalized spacial score (nSPS) is 18.2. The van der Waals surface area contributed by atoms with Crippen LogP contribution in [0, 0.1) is 17.2 Å². The number of nitrogens with one attached hydrogen (secondary N) is 1. The SMILES string of the molecule is CC(C)CC1(Cc2cccc(Cl)c2F)CNC1. The number of rotatable bonds is 4. The van der Waals surface area contributed by atoms with E-state index in [0.717, 1.165) is 31.5 Å². The lowest BCUT2D eigenvalue weighted by Crippen LogP contribution is -2.55. The van der Waals surface area contributed by atoms with Crippen LogP contribution in [0.15, 0.2) is 18.2 Å². The highest BCUT2D eigenvalue weighted by atomic mass is 35.5. The Labute approximate surface area is 107 Å². The van der Waals surface area contributed by atoms with Gasteiger partial charge < -0.3 is 5.32 Å². The Hall–Kier alpha value is -0.600. The average Bonchev–Trinajstić information content (AvgIpc) is 2.21. The fourth-order valence-electron chi connectivity index (χ4n) is 2.78. The maximum atomic E-state index is 13.9. The van der Waals surface area contributed by atoms with Crippen molar-refractivity contribution in [2.24, 2.45) is 11.3 Å². The third-order valence-corrected chi connectivity index (χ3v) is 3.73. The van der Waals surface area contributed by atoms with Crippen LogP contribution in [0.2, 0.25) is 5.02 Å². The smallest absolute Gasteiger partial charge is 0.144 e. The first kappa shape index (κ1) is 12.8. The van der Waals surface area contributed by atoms with E-state index in [9.17, 15) is 4.39 Å². The molecule has 0 amide bonds. The first-order chi connectivity index (χ1) is 8.02. The summed E-state index contributed by atoms with van der Waals surface area (Å²) in [7, 11) is 0. The maximum Gasteiger partial charge on any atom is 0.144 e. The summed E-state index contributed by atoms with van der Waals surface area (Å²) in [5.74, 6) is 0.392. The van der Waals surface area contributed by atoms with Crippen molar-refractivity contribution in [3.05, 3.63) is 34.6 Å². The summed E-state index contributed by atoms with van der Waals surface area (Å²) in [6.45, 7) is 6.40. The van der Waals surface area contributed by atoms with E-state index in [1.165, 1.54) is 0 Å². The molecule has 0 bridgehead atoms. The summed E-state index contributed by atoms with van der Waals surface area (Å²) in [4.78, 5) is 0. The molecule has 0 atom stereocenters. The number of hydrogen-bond acceptors (Lipinski definition) is 1. The zero-order valence-corrected chi connectivity index (χ0v) is 11.1. The van der Waals surface area contributed by atoms with Crippen molar-refractivity contribution in [1.29, 1.82) is 0 Å². The highest BCUT2D eigenvalue weighted by Gasteiger charge is 2.38. The summed E-state index contributed by atoms with van der Waals surface area (Å²) in [5, 5.41) is 3.54. The van der Waals surface area contributed by atoms with Crippen LogP contribution in [0.1, 0.15) is 25.8 Å². The molecule has 1 saturated heterocycles. The third-order valence-electron chi connectivity index (χ3n) is 3.44. The molecule has 1 aromatic carbocycles. The van der Waals surface area contributed by atoms with Crippen LogP contribution in [-0.4, -0.2) is 13.1 Å². The first-order valence-corrected chi connectivity index (χ1v) is 6.54. The molecule has 0 spiro atoms. The van der Waals surface area contributed by atoms with Crippen LogP contribution < -0.4 is 5.32 Å². The quantitative estimate of drug-likeness (QED) is 0.866. The first-order valence-electron chi connectivity index (χ1n) is 6.16. The summed E-state index contributed by atoms with van der Waals surface area (Å²) >= 11 is 5.82. The van der Waals surface area contributed by atoms with E-state index < -0.39 is 0 Å². The van der Waals surface area contributed by atoms with Gasteiger partial charge in [-0.3, -0.25) is 0 Å². The molecular weight excluding hydrogens is 237 g/mol. The Morgan fingerprint density at radius 3 is 2.65 bits per heavy atom. The van der Waals surface area contributed by atoms with E-state index in [-0.39, 0.29) is 16.3 Å². The van der Waals surface area contributed by atoms with Gasteiger partial charge in [0.1, 0.15) is 5.82 Å². The highest BCUT2D eigenvalue weighted by molar-refractivity contribution is 6.30. The van der Waals surface area contributed by atoms with Gasteiger partial charge in [-0.2, -0.15) is 0 Å². The molecule has 2 rings (SSSR count). The van der Waals surface area contributed by atoms with Gasteiger partial charge in [0, 0.05) is 13.1 Å². The lowest BCUT2D eigenvalue weighted by molar-refractivity contribution is 0.130. The van der Waals surface area contributed by atoms with Crippen LogP contribution in [0.5, 0.6) is 0 Å². The molecule has 0 unspecified atom stereocenters. The number of benzene rings is 1. The molecule has 3 heteroatoms. The molecule has 1 aromatic rings. The second-order valence-electron chi connectivity index (χ2n) is 5.59. The van der Waals surface area contributed by atoms with E-state index in [1.807, 2.05) is 12.1 Å². The van der Waals surface area contributed by atoms with Crippen LogP contribution in [0.4, 0.5) is 4.39 Å². The zero-order valence-electron chi connectivity index (χ0n) is 10.4. The minimum atomic E-state index is -0.246. The lowest BCUT2D eigenvalue weighted by Gasteiger charge is -2.44. The van der Waals surface area contributed by atoms with Crippen molar-refractivity contribution < 1.29 is 4.39 Å². The van der Waals surface area contributed by atoms with E-state index in [1.54, 1.807) is 6.07 Å². The second-order valence-corrected chi connectivity index (χ2v) is 6.00. The minimum Gasteiger partial charge on any atom is -0.316 e. The Bertz CT molecular complexity index is 399. The fourth-order valence-corrected chi connectivity index (χ4v) is 2.97. The Morgan fingerprint density at radius 1 is 1.41 bits per heavy atom. The van der Waals surface area contributed by atoms with E-state index in [4.69, 9.17) is 11.6 Å². The van der Waals surface area contributed by atoms with Crippen molar-refractivity contribution in [2.45, 2.75) is 26.7 Å². The average molecular weight is 256 g/mol. The second kappa shape index (κ2) is 4.95. The van der Waals surface area contributed by atoms with Gasteiger partial charge >= 0.3 is 0 Å². The minimum absolute atomic E-state index is 0.222. The molecule has 0 saturated carbocycles. The van der Waals surface area contributed by atoms with Crippen molar-refractivity contribution in [2.75, 3.05) is 13.1 Å². The molecule has 94 valence electrons. The Morgan fingerprint density at radius 2 is 2.12 bits per heavy atom. The van der Waals surface area contributed by atoms with Gasteiger partial charge in [0.25, 0.3) is 0 Å². The summed E-state index contributed by atoms with van der Waals surface area (Å²) in [6.07, 6.45) is 1.91. The molecule has 17 heavy (non-hydrogen) atoms. The molecular formula is C14H19ClFN. The standard InChI is InChI=1S/C14H19ClFN/c1-10(2)6-14(8-17-9-14)7-11-4-3-5-12(15)13(11)16/h3-5,10,17H,6-9H2,1-2H3. The molecule has 1 nitrogen and oxygen atoms in total. The Kier molecular flexibility index (Phi) is 3.74. The fraction of sp³-hybridized carbons (Fsp3) is 0.571. The summed E-state index contributed by atoms with van der Waals surface area (Å²) in [6, 6.07) is 5.28. The number of hydrogen-bond donors (Lipinski definition) is 1. The maximum absolute atomic E-state index is 13.9. The topological polar surface area (TPSA) is 12.0 Å². The molecule has 0 aliphatic carbocycles. The van der Waals surface area contributed by atoms with Crippen LogP contribution in [0.25, 0.3) is 0 Å².